The van der Waals surface area contributed by atoms with Crippen molar-refractivity contribution in [2.75, 3.05) is 25.0 Å². The number of hydrogen-bond acceptors (Lipinski definition) is 3. The van der Waals surface area contributed by atoms with Crippen LogP contribution < -0.4 is 10.2 Å². The Morgan fingerprint density at radius 1 is 1.38 bits per heavy atom. The molecule has 2 heterocycles. The van der Waals surface area contributed by atoms with Crippen LogP contribution in [0.3, 0.4) is 0 Å². The van der Waals surface area contributed by atoms with Crippen LogP contribution in [0.1, 0.15) is 25.5 Å². The van der Waals surface area contributed by atoms with Crippen molar-refractivity contribution in [1.29, 1.82) is 0 Å². The maximum absolute atomic E-state index is 4.58. The Bertz CT molecular complexity index is 361. The Morgan fingerprint density at radius 3 is 2.44 bits per heavy atom. The van der Waals surface area contributed by atoms with E-state index in [1.165, 1.54) is 12.8 Å². The van der Waals surface area contributed by atoms with E-state index in [-0.39, 0.29) is 0 Å². The van der Waals surface area contributed by atoms with E-state index in [1.54, 1.807) is 0 Å². The first-order valence-corrected chi connectivity index (χ1v) is 5.98. The van der Waals surface area contributed by atoms with Gasteiger partial charge in [0.1, 0.15) is 0 Å². The third kappa shape index (κ3) is 2.07. The standard InChI is InChI=1S/C12H22N4/c1-10-9-15(4)11(14-10)16-7-5-12(2,13-3)6-8-16/h9,13H,5-8H2,1-4H3. The van der Waals surface area contributed by atoms with E-state index >= 15 is 0 Å². The number of nitrogens with one attached hydrogen (secondary N) is 1. The maximum Gasteiger partial charge on any atom is 0.205 e. The van der Waals surface area contributed by atoms with Crippen LogP contribution in [0.5, 0.6) is 0 Å². The largest absolute Gasteiger partial charge is 0.342 e. The zero-order chi connectivity index (χ0) is 11.8. The molecule has 0 saturated carbocycles. The van der Waals surface area contributed by atoms with Crippen molar-refractivity contribution < 1.29 is 0 Å². The van der Waals surface area contributed by atoms with Gasteiger partial charge in [0.15, 0.2) is 0 Å². The molecule has 16 heavy (non-hydrogen) atoms. The highest BCUT2D eigenvalue weighted by Gasteiger charge is 2.29. The number of hydrogen-bond donors (Lipinski definition) is 1. The fraction of sp³-hybridized carbons (Fsp3) is 0.750. The second kappa shape index (κ2) is 4.09. The minimum atomic E-state index is 0.302. The van der Waals surface area contributed by atoms with Gasteiger partial charge in [-0.1, -0.05) is 0 Å². The van der Waals surface area contributed by atoms with Crippen molar-refractivity contribution in [3.05, 3.63) is 11.9 Å². The van der Waals surface area contributed by atoms with Crippen LogP contribution in [0.15, 0.2) is 6.20 Å². The SMILES string of the molecule is CNC1(C)CCN(c2nc(C)cn2C)CC1. The lowest BCUT2D eigenvalue weighted by Crippen LogP contribution is -2.50. The summed E-state index contributed by atoms with van der Waals surface area (Å²) in [5.41, 5.74) is 1.40. The number of anilines is 1. The van der Waals surface area contributed by atoms with Crippen LogP contribution >= 0.6 is 0 Å². The molecule has 4 heteroatoms. The minimum Gasteiger partial charge on any atom is -0.342 e. The molecule has 0 unspecified atom stereocenters. The lowest BCUT2D eigenvalue weighted by molar-refractivity contribution is 0.303. The van der Waals surface area contributed by atoms with Gasteiger partial charge in [-0.15, -0.1) is 0 Å². The molecule has 4 nitrogen and oxygen atoms in total. The highest BCUT2D eigenvalue weighted by Crippen LogP contribution is 2.24. The molecule has 1 aromatic rings. The third-order valence-electron chi connectivity index (χ3n) is 3.73. The predicted molar refractivity (Wildman–Crippen MR) is 66.9 cm³/mol. The molecule has 1 fully saturated rings. The number of piperidine rings is 1. The maximum atomic E-state index is 4.58. The van der Waals surface area contributed by atoms with Gasteiger partial charge in [-0.25, -0.2) is 4.98 Å². The van der Waals surface area contributed by atoms with Gasteiger partial charge in [-0.05, 0) is 33.7 Å². The Labute approximate surface area is 97.7 Å². The summed E-state index contributed by atoms with van der Waals surface area (Å²) in [6.45, 7) is 6.52. The number of aromatic nitrogens is 2. The summed E-state index contributed by atoms with van der Waals surface area (Å²) in [7, 11) is 4.13. The van der Waals surface area contributed by atoms with Gasteiger partial charge in [-0.3, -0.25) is 0 Å². The van der Waals surface area contributed by atoms with Gasteiger partial charge in [0, 0.05) is 31.9 Å². The zero-order valence-electron chi connectivity index (χ0n) is 10.7. The lowest BCUT2D eigenvalue weighted by Gasteiger charge is -2.39. The summed E-state index contributed by atoms with van der Waals surface area (Å²) in [6.07, 6.45) is 4.44. The molecule has 0 radical (unpaired) electrons. The van der Waals surface area contributed by atoms with Gasteiger partial charge in [0.2, 0.25) is 5.95 Å². The van der Waals surface area contributed by atoms with Crippen molar-refractivity contribution in [3.63, 3.8) is 0 Å². The normalized spacial score (nSPS) is 20.1. The van der Waals surface area contributed by atoms with Gasteiger partial charge in [0.05, 0.1) is 5.69 Å². The van der Waals surface area contributed by atoms with E-state index in [9.17, 15) is 0 Å². The minimum absolute atomic E-state index is 0.302. The van der Waals surface area contributed by atoms with Crippen LogP contribution in [0.4, 0.5) is 5.95 Å². The number of nitrogens with zero attached hydrogens (tertiary/aromatic N) is 3. The number of imidazole rings is 1. The molecule has 1 N–H and O–H groups in total. The summed E-state index contributed by atoms with van der Waals surface area (Å²) in [5, 5.41) is 3.42. The molecule has 0 aromatic carbocycles. The van der Waals surface area contributed by atoms with Gasteiger partial charge in [-0.2, -0.15) is 0 Å². The molecule has 0 bridgehead atoms. The average Bonchev–Trinajstić information content (AvgIpc) is 2.59. The first-order chi connectivity index (χ1) is 7.54. The van der Waals surface area contributed by atoms with E-state index in [0.717, 1.165) is 24.7 Å². The van der Waals surface area contributed by atoms with E-state index < -0.39 is 0 Å². The second-order valence-electron chi connectivity index (χ2n) is 5.09. The average molecular weight is 222 g/mol. The summed E-state index contributed by atoms with van der Waals surface area (Å²) in [4.78, 5) is 6.96. The van der Waals surface area contributed by atoms with E-state index in [1.807, 2.05) is 6.92 Å². The highest BCUT2D eigenvalue weighted by atomic mass is 15.3. The first kappa shape index (κ1) is 11.5. The van der Waals surface area contributed by atoms with Crippen molar-refractivity contribution in [2.24, 2.45) is 7.05 Å². The highest BCUT2D eigenvalue weighted by molar-refractivity contribution is 5.34. The monoisotopic (exact) mass is 222 g/mol. The molecule has 1 aromatic heterocycles. The Morgan fingerprint density at radius 2 is 2.00 bits per heavy atom. The fourth-order valence-corrected chi connectivity index (χ4v) is 2.35. The Balaban J connectivity index is 2.07. The van der Waals surface area contributed by atoms with Crippen molar-refractivity contribution in [1.82, 2.24) is 14.9 Å². The smallest absolute Gasteiger partial charge is 0.205 e. The Hall–Kier alpha value is -1.03. The molecule has 90 valence electrons. The van der Waals surface area contributed by atoms with Gasteiger partial charge < -0.3 is 14.8 Å². The first-order valence-electron chi connectivity index (χ1n) is 5.98. The quantitative estimate of drug-likeness (QED) is 0.819. The predicted octanol–water partition coefficient (Wildman–Crippen LogP) is 1.31. The molecule has 0 aliphatic carbocycles. The summed E-state index contributed by atoms with van der Waals surface area (Å²) in [6, 6.07) is 0. The molecule has 1 aliphatic heterocycles. The molecule has 2 rings (SSSR count). The molecule has 0 atom stereocenters. The summed E-state index contributed by atoms with van der Waals surface area (Å²) in [5.74, 6) is 1.11. The number of rotatable bonds is 2. The van der Waals surface area contributed by atoms with Gasteiger partial charge in [0.25, 0.3) is 0 Å². The molecule has 1 saturated heterocycles. The van der Waals surface area contributed by atoms with Crippen molar-refractivity contribution in [2.45, 2.75) is 32.2 Å². The Kier molecular flexibility index (Phi) is 2.93. The van der Waals surface area contributed by atoms with E-state index in [2.05, 4.69) is 47.0 Å². The topological polar surface area (TPSA) is 33.1 Å². The molecular formula is C12H22N4. The van der Waals surface area contributed by atoms with Gasteiger partial charge >= 0.3 is 0 Å². The molecule has 0 amide bonds. The van der Waals surface area contributed by atoms with Crippen LogP contribution in [-0.2, 0) is 7.05 Å². The van der Waals surface area contributed by atoms with E-state index in [0.29, 0.717) is 5.54 Å². The van der Waals surface area contributed by atoms with Crippen LogP contribution in [-0.4, -0.2) is 35.2 Å². The summed E-state index contributed by atoms with van der Waals surface area (Å²) < 4.78 is 2.12. The van der Waals surface area contributed by atoms with E-state index in [4.69, 9.17) is 0 Å². The zero-order valence-corrected chi connectivity index (χ0v) is 10.7. The van der Waals surface area contributed by atoms with Crippen LogP contribution in [0.2, 0.25) is 0 Å². The second-order valence-corrected chi connectivity index (χ2v) is 5.09. The lowest BCUT2D eigenvalue weighted by atomic mass is 9.90. The van der Waals surface area contributed by atoms with Crippen LogP contribution in [0, 0.1) is 6.92 Å². The number of aryl methyl sites for hydroxylation is 2. The van der Waals surface area contributed by atoms with Crippen LogP contribution in [0.25, 0.3) is 0 Å². The third-order valence-corrected chi connectivity index (χ3v) is 3.73. The molecular weight excluding hydrogens is 200 g/mol. The van der Waals surface area contributed by atoms with Crippen molar-refractivity contribution >= 4 is 5.95 Å². The fourth-order valence-electron chi connectivity index (χ4n) is 2.35. The van der Waals surface area contributed by atoms with Crippen molar-refractivity contribution in [3.8, 4) is 0 Å². The molecule has 0 spiro atoms. The summed E-state index contributed by atoms with van der Waals surface area (Å²) >= 11 is 0. The molecule has 1 aliphatic rings.